The van der Waals surface area contributed by atoms with Gasteiger partial charge in [0.15, 0.2) is 0 Å². The largest absolute Gasteiger partial charge is 0.397 e. The lowest BCUT2D eigenvalue weighted by atomic mass is 10.0. The fraction of sp³-hybridized carbons (Fsp3) is 0.119. The van der Waals surface area contributed by atoms with Gasteiger partial charge in [-0.2, -0.15) is 15.6 Å². The molecule has 404 valence electrons. The summed E-state index contributed by atoms with van der Waals surface area (Å²) in [6, 6.07) is 53.4. The number of fused-ring (bicyclic) bond motifs is 5. The van der Waals surface area contributed by atoms with Crippen molar-refractivity contribution in [3.05, 3.63) is 214 Å². The molecule has 81 heavy (non-hydrogen) atoms. The van der Waals surface area contributed by atoms with Crippen LogP contribution in [0.25, 0.3) is 60.4 Å². The highest BCUT2D eigenvalue weighted by Crippen LogP contribution is 2.43. The maximum absolute atomic E-state index is 12.9. The number of hydrogen-bond acceptors (Lipinski definition) is 14. The lowest BCUT2D eigenvalue weighted by Gasteiger charge is -2.22. The van der Waals surface area contributed by atoms with Gasteiger partial charge in [-0.05, 0) is 60.8 Å². The number of aromatic nitrogens is 3. The Morgan fingerprint density at radius 2 is 1.10 bits per heavy atom. The number of aliphatic hydroxyl groups excluding tert-OH is 1. The lowest BCUT2D eigenvalue weighted by Crippen LogP contribution is -2.25. The first-order chi connectivity index (χ1) is 39.2. The van der Waals surface area contributed by atoms with Crippen molar-refractivity contribution in [3.63, 3.8) is 0 Å². The molecule has 22 heteroatoms. The molecule has 0 saturated carbocycles. The van der Waals surface area contributed by atoms with Crippen LogP contribution in [0.15, 0.2) is 189 Å². The molecule has 0 saturated heterocycles. The van der Waals surface area contributed by atoms with E-state index >= 15 is 0 Å². The topological polar surface area (TPSA) is 246 Å². The number of rotatable bonds is 12. The van der Waals surface area contributed by atoms with Crippen LogP contribution in [0.3, 0.4) is 0 Å². The molecule has 18 nitrogen and oxygen atoms in total. The molecule has 0 bridgehead atoms. The first-order valence-corrected chi connectivity index (χ1v) is 26.2. The number of non-ortho nitro benzene ring substituents is 2. The molecule has 0 fully saturated rings. The molecule has 0 unspecified atom stereocenters. The second kappa shape index (κ2) is 26.5. The zero-order valence-corrected chi connectivity index (χ0v) is 46.0. The van der Waals surface area contributed by atoms with Crippen molar-refractivity contribution >= 4 is 135 Å². The number of nitriles is 2. The second-order valence-electron chi connectivity index (χ2n) is 17.5. The summed E-state index contributed by atoms with van der Waals surface area (Å²) in [5.74, 6) is 0. The van der Waals surface area contributed by atoms with E-state index in [0.29, 0.717) is 37.3 Å². The van der Waals surface area contributed by atoms with Gasteiger partial charge in [0.05, 0.1) is 82.8 Å². The lowest BCUT2D eigenvalue weighted by molar-refractivity contribution is -0.385. The number of aryl methyl sites for hydroxylation is 1. The van der Waals surface area contributed by atoms with E-state index in [1.165, 1.54) is 12.1 Å². The fourth-order valence-electron chi connectivity index (χ4n) is 8.82. The highest BCUT2D eigenvalue weighted by Gasteiger charge is 2.20. The van der Waals surface area contributed by atoms with Gasteiger partial charge in [-0.1, -0.05) is 137 Å². The minimum absolute atomic E-state index is 0.00278. The van der Waals surface area contributed by atoms with E-state index in [-0.39, 0.29) is 55.0 Å². The number of halogens is 4. The van der Waals surface area contributed by atoms with E-state index in [2.05, 4.69) is 42.1 Å². The number of nitrogens with zero attached hydrogens (tertiary/aromatic N) is 12. The molecule has 0 amide bonds. The Balaban J connectivity index is 0.000000157. The predicted molar refractivity (Wildman–Crippen MR) is 320 cm³/mol. The summed E-state index contributed by atoms with van der Waals surface area (Å²) >= 11 is 24.4. The van der Waals surface area contributed by atoms with Crippen LogP contribution >= 0.6 is 46.4 Å². The molecule has 3 heterocycles. The number of para-hydroxylation sites is 3. The SMILES string of the molecule is CCO.Cn1c(-c2ccccc2)c(N=Nc2c(Cl)cc([N+](=O)[O-])cc2Cl)c2ccccc21.N#CCCN(CCC#N)c1ccc(N=Nc2c(Cl)cc([N+](=O)[O-])cc2Cl)cc1.O=c1c2cccc3cccc(c32)c2nc3ccccc3n12. The number of aliphatic hydroxyl groups is 1. The number of pyridine rings is 1. The van der Waals surface area contributed by atoms with Gasteiger partial charge in [-0.3, -0.25) is 29.4 Å². The van der Waals surface area contributed by atoms with E-state index < -0.39 is 9.85 Å². The first kappa shape index (κ1) is 57.8. The van der Waals surface area contributed by atoms with Crippen molar-refractivity contribution in [2.24, 2.45) is 27.5 Å². The van der Waals surface area contributed by atoms with Gasteiger partial charge < -0.3 is 14.6 Å². The number of imidazole rings is 1. The summed E-state index contributed by atoms with van der Waals surface area (Å²) in [5, 5.41) is 68.6. The normalized spacial score (nSPS) is 11.0. The van der Waals surface area contributed by atoms with Crippen molar-refractivity contribution in [1.29, 1.82) is 10.5 Å². The van der Waals surface area contributed by atoms with Crippen molar-refractivity contribution in [3.8, 4) is 23.4 Å². The summed E-state index contributed by atoms with van der Waals surface area (Å²) < 4.78 is 3.78. The minimum Gasteiger partial charge on any atom is -0.397 e. The maximum Gasteiger partial charge on any atom is 0.272 e. The van der Waals surface area contributed by atoms with Crippen molar-refractivity contribution in [2.45, 2.75) is 19.8 Å². The van der Waals surface area contributed by atoms with Crippen LogP contribution in [0.5, 0.6) is 0 Å². The Hall–Kier alpha value is -9.40. The number of azo groups is 2. The molecule has 3 aromatic heterocycles. The molecule has 0 aliphatic rings. The third-order valence-corrected chi connectivity index (χ3v) is 13.6. The summed E-state index contributed by atoms with van der Waals surface area (Å²) in [4.78, 5) is 40.1. The van der Waals surface area contributed by atoms with Crippen LogP contribution in [0.2, 0.25) is 20.1 Å². The van der Waals surface area contributed by atoms with Crippen LogP contribution in [0, 0.1) is 42.9 Å². The van der Waals surface area contributed by atoms with Crippen LogP contribution in [-0.4, -0.2) is 48.6 Å². The Bertz CT molecular complexity index is 4260. The molecule has 1 N–H and O–H groups in total. The first-order valence-electron chi connectivity index (χ1n) is 24.7. The van der Waals surface area contributed by atoms with E-state index in [1.54, 1.807) is 23.5 Å². The molecule has 0 spiro atoms. The molecule has 0 radical (unpaired) electrons. The average molecular weight is 1160 g/mol. The van der Waals surface area contributed by atoms with E-state index in [0.717, 1.165) is 78.2 Å². The van der Waals surface area contributed by atoms with Gasteiger partial charge in [0.1, 0.15) is 22.7 Å². The maximum atomic E-state index is 12.9. The molecule has 11 aromatic rings. The molecule has 0 aliphatic heterocycles. The molecular formula is C59H44Cl4N12O6. The fourth-order valence-corrected chi connectivity index (χ4v) is 9.93. The molecule has 8 aromatic carbocycles. The van der Waals surface area contributed by atoms with Crippen molar-refractivity contribution < 1.29 is 15.0 Å². The predicted octanol–water partition coefficient (Wildman–Crippen LogP) is 17.0. The minimum atomic E-state index is -0.595. The van der Waals surface area contributed by atoms with E-state index in [4.69, 9.17) is 62.0 Å². The highest BCUT2D eigenvalue weighted by molar-refractivity contribution is 6.39. The van der Waals surface area contributed by atoms with Gasteiger partial charge in [0.2, 0.25) is 0 Å². The number of benzene rings is 8. The monoisotopic (exact) mass is 1160 g/mol. The molecule has 11 rings (SSSR count). The zero-order valence-electron chi connectivity index (χ0n) is 43.0. The number of hydrogen-bond donors (Lipinski definition) is 1. The Labute approximate surface area is 481 Å². The number of nitro benzene ring substituents is 2. The van der Waals surface area contributed by atoms with Crippen molar-refractivity contribution in [2.75, 3.05) is 24.6 Å². The third-order valence-electron chi connectivity index (χ3n) is 12.4. The van der Waals surface area contributed by atoms with Gasteiger partial charge >= 0.3 is 0 Å². The van der Waals surface area contributed by atoms with Gasteiger partial charge in [-0.15, -0.1) is 15.3 Å². The van der Waals surface area contributed by atoms with Crippen LogP contribution in [-0.2, 0) is 7.05 Å². The summed E-state index contributed by atoms with van der Waals surface area (Å²) in [6.45, 7) is 2.97. The average Bonchev–Trinajstić information content (AvgIpc) is 3.24. The Morgan fingerprint density at radius 3 is 1.65 bits per heavy atom. The molecule has 0 aliphatic carbocycles. The van der Waals surface area contributed by atoms with Crippen molar-refractivity contribution in [1.82, 2.24) is 14.0 Å². The van der Waals surface area contributed by atoms with Gasteiger partial charge in [-0.25, -0.2) is 4.98 Å². The number of anilines is 1. The van der Waals surface area contributed by atoms with Crippen LogP contribution in [0.4, 0.5) is 39.8 Å². The Morgan fingerprint density at radius 1 is 0.617 bits per heavy atom. The molecular weight excluding hydrogens is 1110 g/mol. The second-order valence-corrected chi connectivity index (χ2v) is 19.1. The summed E-state index contributed by atoms with van der Waals surface area (Å²) in [6.07, 6.45) is 0.702. The standard InChI is InChI=1S/C21H14Cl2N4O2.C18H14Cl2N6O2.C18H10N2O.C2H6O/c1-26-18-10-6-5-9-15(18)19(21(26)13-7-3-2-4-8-13)24-25-20-16(22)11-14(27(28)29)12-17(20)23;19-16-11-15(26(27)28)12-17(20)18(16)24-23-13-3-5-14(6-4-13)25(9-1-7-21)10-2-8-22;21-18-13-8-4-6-11-5-3-7-12(16(11)13)17-19-14-9-1-2-10-15(14)20(17)18;1-2-3/h2-12H,1H3;3-6,11-12H,1-2,9-10H2;1-10H;3H,2H2,1H3. The smallest absolute Gasteiger partial charge is 0.272 e. The van der Waals surface area contributed by atoms with Crippen LogP contribution in [0.1, 0.15) is 19.8 Å². The Kier molecular flexibility index (Phi) is 18.9. The van der Waals surface area contributed by atoms with E-state index in [1.807, 2.05) is 139 Å². The molecule has 0 atom stereocenters. The third kappa shape index (κ3) is 12.9. The summed E-state index contributed by atoms with van der Waals surface area (Å²) in [5.41, 5.74) is 7.29. The van der Waals surface area contributed by atoms with Crippen LogP contribution < -0.4 is 10.5 Å². The highest BCUT2D eigenvalue weighted by atomic mass is 35.5. The summed E-state index contributed by atoms with van der Waals surface area (Å²) in [7, 11) is 1.97. The van der Waals surface area contributed by atoms with Gasteiger partial charge in [0.25, 0.3) is 16.9 Å². The zero-order chi connectivity index (χ0) is 57.7. The van der Waals surface area contributed by atoms with Gasteiger partial charge in [0, 0.05) is 83.8 Å². The number of nitro groups is 2. The quantitative estimate of drug-likeness (QED) is 0.0688. The van der Waals surface area contributed by atoms with E-state index in [9.17, 15) is 25.0 Å².